The fourth-order valence-corrected chi connectivity index (χ4v) is 4.09. The highest BCUT2D eigenvalue weighted by Crippen LogP contribution is 2.37. The van der Waals surface area contributed by atoms with Gasteiger partial charge in [0.15, 0.2) is 11.5 Å². The molecule has 0 aliphatic carbocycles. The first-order valence-corrected chi connectivity index (χ1v) is 12.0. The molecule has 0 fully saturated rings. The lowest BCUT2D eigenvalue weighted by Gasteiger charge is -2.14. The number of nitrogens with zero attached hydrogens (tertiary/aromatic N) is 3. The summed E-state index contributed by atoms with van der Waals surface area (Å²) < 4.78 is 17.0. The van der Waals surface area contributed by atoms with Gasteiger partial charge in [0, 0.05) is 0 Å². The van der Waals surface area contributed by atoms with Crippen molar-refractivity contribution in [1.82, 2.24) is 10.2 Å². The molecule has 3 aromatic rings. The number of hydrogen-bond donors (Lipinski definition) is 1. The molecule has 0 saturated carbocycles. The van der Waals surface area contributed by atoms with Gasteiger partial charge >= 0.3 is 0 Å². The van der Waals surface area contributed by atoms with Crippen LogP contribution in [-0.4, -0.2) is 36.4 Å². The number of methoxy groups -OCH3 is 1. The van der Waals surface area contributed by atoms with Crippen molar-refractivity contribution in [2.75, 3.05) is 25.6 Å². The van der Waals surface area contributed by atoms with Gasteiger partial charge in [0.25, 0.3) is 5.91 Å². The van der Waals surface area contributed by atoms with E-state index in [2.05, 4.69) is 15.5 Å². The molecule has 35 heavy (non-hydrogen) atoms. The molecular formula is C25H25ClN4O4S. The number of nitrogens with one attached hydrogen (secondary N) is 1. The standard InChI is InChI=1S/C25H25ClN4O4S/c1-5-22-29-30-25(35-22)28-24(31)18(14-27)11-17-12-19(26)23(21(13-17)32-4)34-9-8-33-20-7-6-15(2)10-16(20)3/h6-7,10-13H,5,8-9H2,1-4H3,(H,28,30,31)/b18-11-. The number of nitriles is 1. The van der Waals surface area contributed by atoms with E-state index in [4.69, 9.17) is 25.8 Å². The number of ether oxygens (including phenoxy) is 3. The summed E-state index contributed by atoms with van der Waals surface area (Å²) in [7, 11) is 1.48. The molecule has 1 aromatic heterocycles. The Morgan fingerprint density at radius 1 is 1.17 bits per heavy atom. The van der Waals surface area contributed by atoms with Crippen LogP contribution in [-0.2, 0) is 11.2 Å². The summed E-state index contributed by atoms with van der Waals surface area (Å²) >= 11 is 7.69. The van der Waals surface area contributed by atoms with Crippen molar-refractivity contribution in [3.8, 4) is 23.3 Å². The van der Waals surface area contributed by atoms with Gasteiger partial charge in [-0.15, -0.1) is 10.2 Å². The molecule has 1 heterocycles. The van der Waals surface area contributed by atoms with Crippen LogP contribution in [0.4, 0.5) is 5.13 Å². The molecule has 8 nitrogen and oxygen atoms in total. The Bertz CT molecular complexity index is 1280. The normalized spacial score (nSPS) is 11.0. The minimum atomic E-state index is -0.592. The Morgan fingerprint density at radius 3 is 2.60 bits per heavy atom. The van der Waals surface area contributed by atoms with Gasteiger partial charge in [0.1, 0.15) is 35.6 Å². The minimum absolute atomic E-state index is 0.119. The van der Waals surface area contributed by atoms with Gasteiger partial charge in [-0.05, 0) is 55.7 Å². The Morgan fingerprint density at radius 2 is 1.94 bits per heavy atom. The molecule has 3 rings (SSSR count). The molecule has 0 saturated heterocycles. The maximum Gasteiger partial charge on any atom is 0.268 e. The van der Waals surface area contributed by atoms with E-state index >= 15 is 0 Å². The molecule has 0 radical (unpaired) electrons. The van der Waals surface area contributed by atoms with Crippen LogP contribution in [0.1, 0.15) is 28.6 Å². The van der Waals surface area contributed by atoms with Crippen LogP contribution in [0.2, 0.25) is 5.02 Å². The number of anilines is 1. The monoisotopic (exact) mass is 512 g/mol. The number of halogens is 1. The zero-order valence-electron chi connectivity index (χ0n) is 19.8. The number of aromatic nitrogens is 2. The Labute approximate surface area is 213 Å². The van der Waals surface area contributed by atoms with Gasteiger partial charge in [-0.1, -0.05) is 47.6 Å². The fraction of sp³-hybridized carbons (Fsp3) is 0.280. The molecule has 0 unspecified atom stereocenters. The van der Waals surface area contributed by atoms with Crippen LogP contribution in [0.3, 0.4) is 0 Å². The number of benzene rings is 2. The lowest BCUT2D eigenvalue weighted by molar-refractivity contribution is -0.112. The van der Waals surface area contributed by atoms with Crippen molar-refractivity contribution >= 4 is 40.1 Å². The van der Waals surface area contributed by atoms with Gasteiger partial charge in [-0.2, -0.15) is 5.26 Å². The number of amides is 1. The van der Waals surface area contributed by atoms with E-state index in [1.54, 1.807) is 12.1 Å². The van der Waals surface area contributed by atoms with E-state index < -0.39 is 5.91 Å². The quantitative estimate of drug-likeness (QED) is 0.221. The van der Waals surface area contributed by atoms with Gasteiger partial charge in [-0.25, -0.2) is 0 Å². The highest BCUT2D eigenvalue weighted by atomic mass is 35.5. The molecule has 0 spiro atoms. The third-order valence-corrected chi connectivity index (χ3v) is 6.10. The third-order valence-electron chi connectivity index (χ3n) is 4.84. The average molecular weight is 513 g/mol. The smallest absolute Gasteiger partial charge is 0.268 e. The number of carbonyl (C=O) groups is 1. The van der Waals surface area contributed by atoms with Crippen molar-refractivity contribution in [2.45, 2.75) is 27.2 Å². The Kier molecular flexibility index (Phi) is 9.06. The molecule has 0 aliphatic heterocycles. The Balaban J connectivity index is 1.68. The van der Waals surface area contributed by atoms with Crippen LogP contribution in [0.5, 0.6) is 17.2 Å². The maximum absolute atomic E-state index is 12.5. The first kappa shape index (κ1) is 26.0. The van der Waals surface area contributed by atoms with Crippen LogP contribution < -0.4 is 19.5 Å². The van der Waals surface area contributed by atoms with E-state index in [0.717, 1.165) is 16.3 Å². The largest absolute Gasteiger partial charge is 0.493 e. The summed E-state index contributed by atoms with van der Waals surface area (Å²) in [6.45, 7) is 6.51. The molecule has 0 atom stereocenters. The third kappa shape index (κ3) is 6.94. The molecule has 1 amide bonds. The maximum atomic E-state index is 12.5. The first-order valence-electron chi connectivity index (χ1n) is 10.8. The van der Waals surface area contributed by atoms with E-state index in [1.807, 2.05) is 45.0 Å². The summed E-state index contributed by atoms with van der Waals surface area (Å²) in [4.78, 5) is 12.5. The van der Waals surface area contributed by atoms with Crippen LogP contribution in [0.15, 0.2) is 35.9 Å². The molecule has 1 N–H and O–H groups in total. The summed E-state index contributed by atoms with van der Waals surface area (Å²) in [5, 5.41) is 21.3. The first-order chi connectivity index (χ1) is 16.8. The van der Waals surface area contributed by atoms with Gasteiger partial charge < -0.3 is 14.2 Å². The number of carbonyl (C=O) groups excluding carboxylic acids is 1. The number of hydrogen-bond acceptors (Lipinski definition) is 8. The molecule has 0 aliphatic rings. The molecule has 2 aromatic carbocycles. The van der Waals surface area contributed by atoms with Crippen molar-refractivity contribution in [1.29, 1.82) is 5.26 Å². The van der Waals surface area contributed by atoms with Gasteiger partial charge in [-0.3, -0.25) is 10.1 Å². The van der Waals surface area contributed by atoms with Gasteiger partial charge in [0.2, 0.25) is 5.13 Å². The summed E-state index contributed by atoms with van der Waals surface area (Å²) in [5.74, 6) is 0.911. The summed E-state index contributed by atoms with van der Waals surface area (Å²) in [5.41, 5.74) is 2.60. The van der Waals surface area contributed by atoms with E-state index in [-0.39, 0.29) is 17.2 Å². The highest BCUT2D eigenvalue weighted by molar-refractivity contribution is 7.15. The number of aryl methyl sites for hydroxylation is 3. The second-order valence-electron chi connectivity index (χ2n) is 7.48. The topological polar surface area (TPSA) is 106 Å². The molecule has 10 heteroatoms. The highest BCUT2D eigenvalue weighted by Gasteiger charge is 2.16. The average Bonchev–Trinajstić information content (AvgIpc) is 3.29. The second kappa shape index (κ2) is 12.2. The number of rotatable bonds is 10. The minimum Gasteiger partial charge on any atom is -0.493 e. The zero-order chi connectivity index (χ0) is 25.4. The molecular weight excluding hydrogens is 488 g/mol. The van der Waals surface area contributed by atoms with Crippen molar-refractivity contribution in [3.05, 3.63) is 62.6 Å². The van der Waals surface area contributed by atoms with Crippen molar-refractivity contribution in [2.24, 2.45) is 0 Å². The van der Waals surface area contributed by atoms with Crippen LogP contribution >= 0.6 is 22.9 Å². The lowest BCUT2D eigenvalue weighted by Crippen LogP contribution is -2.13. The lowest BCUT2D eigenvalue weighted by atomic mass is 10.1. The van der Waals surface area contributed by atoms with Crippen LogP contribution in [0.25, 0.3) is 6.08 Å². The van der Waals surface area contributed by atoms with Crippen molar-refractivity contribution < 1.29 is 19.0 Å². The van der Waals surface area contributed by atoms with Crippen molar-refractivity contribution in [3.63, 3.8) is 0 Å². The van der Waals surface area contributed by atoms with Crippen LogP contribution in [0, 0.1) is 25.2 Å². The predicted molar refractivity (Wildman–Crippen MR) is 136 cm³/mol. The summed E-state index contributed by atoms with van der Waals surface area (Å²) in [6.07, 6.45) is 2.12. The molecule has 182 valence electrons. The van der Waals surface area contributed by atoms with Gasteiger partial charge in [0.05, 0.1) is 12.1 Å². The summed E-state index contributed by atoms with van der Waals surface area (Å²) in [6, 6.07) is 11.1. The predicted octanol–water partition coefficient (Wildman–Crippen LogP) is 5.38. The zero-order valence-corrected chi connectivity index (χ0v) is 21.4. The molecule has 0 bridgehead atoms. The van der Waals surface area contributed by atoms with E-state index in [1.165, 1.54) is 30.1 Å². The van der Waals surface area contributed by atoms with E-state index in [0.29, 0.717) is 35.2 Å². The van der Waals surface area contributed by atoms with E-state index in [9.17, 15) is 10.1 Å². The SMILES string of the molecule is CCc1nnc(NC(=O)/C(C#N)=C\c2cc(Cl)c(OCCOc3ccc(C)cc3C)c(OC)c2)s1. The fourth-order valence-electron chi connectivity index (χ4n) is 3.15. The second-order valence-corrected chi connectivity index (χ2v) is 8.95. The Hall–Kier alpha value is -3.61.